The van der Waals surface area contributed by atoms with Gasteiger partial charge in [0.15, 0.2) is 5.69 Å². The van der Waals surface area contributed by atoms with E-state index in [0.717, 1.165) is 0 Å². The molecular weight excluding hydrogens is 349 g/mol. The highest BCUT2D eigenvalue weighted by atomic mass is 35.5. The van der Waals surface area contributed by atoms with Gasteiger partial charge in [0.25, 0.3) is 5.91 Å². The number of anilines is 1. The van der Waals surface area contributed by atoms with Crippen molar-refractivity contribution in [3.05, 3.63) is 58.9 Å². The third kappa shape index (κ3) is 3.29. The Kier molecular flexibility index (Phi) is 4.62. The summed E-state index contributed by atoms with van der Waals surface area (Å²) in [6.07, 6.45) is 3.02. The summed E-state index contributed by atoms with van der Waals surface area (Å²) in [4.78, 5) is 16.4. The van der Waals surface area contributed by atoms with Gasteiger partial charge in [-0.15, -0.1) is 5.10 Å². The van der Waals surface area contributed by atoms with Crippen LogP contribution in [0.1, 0.15) is 16.2 Å². The van der Waals surface area contributed by atoms with Crippen molar-refractivity contribution in [3.8, 4) is 11.4 Å². The molecule has 0 radical (unpaired) electrons. The fraction of sp³-hybridized carbons (Fsp3) is 0.125. The Morgan fingerprint density at radius 1 is 1.36 bits per heavy atom. The number of ether oxygens (including phenoxy) is 1. The first-order valence-electron chi connectivity index (χ1n) is 7.18. The molecule has 0 fully saturated rings. The first kappa shape index (κ1) is 16.8. The Hall–Kier alpha value is -3.00. The van der Waals surface area contributed by atoms with Gasteiger partial charge in [-0.2, -0.15) is 0 Å². The topological polar surface area (TPSA) is 81.9 Å². The van der Waals surface area contributed by atoms with E-state index in [0.29, 0.717) is 22.8 Å². The number of carbonyl (C=O) groups is 1. The second-order valence-corrected chi connectivity index (χ2v) is 5.47. The van der Waals surface area contributed by atoms with E-state index in [1.807, 2.05) is 0 Å². The number of hydrogen-bond acceptors (Lipinski definition) is 5. The van der Waals surface area contributed by atoms with Crippen LogP contribution in [0.15, 0.2) is 36.7 Å². The molecule has 0 bridgehead atoms. The SMILES string of the molecule is COc1ccncc1NC(=O)c1nnn(-c2ccc(F)c(Cl)c2)c1C. The molecule has 0 saturated carbocycles. The highest BCUT2D eigenvalue weighted by Crippen LogP contribution is 2.23. The molecule has 0 unspecified atom stereocenters. The van der Waals surface area contributed by atoms with Gasteiger partial charge in [-0.1, -0.05) is 16.8 Å². The van der Waals surface area contributed by atoms with Crippen LogP contribution in [-0.4, -0.2) is 33.0 Å². The molecule has 0 aliphatic carbocycles. The minimum Gasteiger partial charge on any atom is -0.494 e. The lowest BCUT2D eigenvalue weighted by Crippen LogP contribution is -2.15. The standard InChI is InChI=1S/C16H13ClFN5O2/c1-9-15(16(24)20-13-8-19-6-5-14(13)25-2)21-22-23(9)10-3-4-12(18)11(17)7-10/h3-8H,1-2H3,(H,20,24). The zero-order valence-electron chi connectivity index (χ0n) is 13.3. The molecule has 3 rings (SSSR count). The van der Waals surface area contributed by atoms with E-state index in [4.69, 9.17) is 16.3 Å². The van der Waals surface area contributed by atoms with Gasteiger partial charge in [-0.25, -0.2) is 9.07 Å². The predicted octanol–water partition coefficient (Wildman–Crippen LogP) is 3.02. The third-order valence-electron chi connectivity index (χ3n) is 3.51. The van der Waals surface area contributed by atoms with Crippen LogP contribution >= 0.6 is 11.6 Å². The van der Waals surface area contributed by atoms with Gasteiger partial charge in [-0.05, 0) is 25.1 Å². The summed E-state index contributed by atoms with van der Waals surface area (Å²) < 4.78 is 19.9. The number of carbonyl (C=O) groups excluding carboxylic acids is 1. The number of rotatable bonds is 4. The van der Waals surface area contributed by atoms with E-state index < -0.39 is 11.7 Å². The summed E-state index contributed by atoms with van der Waals surface area (Å²) in [6, 6.07) is 5.75. The summed E-state index contributed by atoms with van der Waals surface area (Å²) in [6.45, 7) is 1.67. The largest absolute Gasteiger partial charge is 0.494 e. The lowest BCUT2D eigenvalue weighted by atomic mass is 10.2. The Labute approximate surface area is 147 Å². The van der Waals surface area contributed by atoms with Crippen LogP contribution in [0.3, 0.4) is 0 Å². The third-order valence-corrected chi connectivity index (χ3v) is 3.80. The van der Waals surface area contributed by atoms with Gasteiger partial charge in [0.05, 0.1) is 29.7 Å². The van der Waals surface area contributed by atoms with Crippen molar-refractivity contribution in [1.82, 2.24) is 20.0 Å². The number of benzene rings is 1. The van der Waals surface area contributed by atoms with E-state index in [1.54, 1.807) is 19.2 Å². The van der Waals surface area contributed by atoms with Crippen molar-refractivity contribution < 1.29 is 13.9 Å². The lowest BCUT2D eigenvalue weighted by molar-refractivity contribution is 0.102. The summed E-state index contributed by atoms with van der Waals surface area (Å²) in [5.41, 5.74) is 1.50. The molecule has 1 N–H and O–H groups in total. The fourth-order valence-electron chi connectivity index (χ4n) is 2.24. The number of aromatic nitrogens is 4. The second kappa shape index (κ2) is 6.86. The average molecular weight is 362 g/mol. The van der Waals surface area contributed by atoms with Crippen LogP contribution in [0.4, 0.5) is 10.1 Å². The smallest absolute Gasteiger partial charge is 0.278 e. The van der Waals surface area contributed by atoms with E-state index in [9.17, 15) is 9.18 Å². The highest BCUT2D eigenvalue weighted by molar-refractivity contribution is 6.30. The monoisotopic (exact) mass is 361 g/mol. The number of methoxy groups -OCH3 is 1. The molecule has 0 spiro atoms. The molecule has 0 aliphatic rings. The Morgan fingerprint density at radius 2 is 2.16 bits per heavy atom. The van der Waals surface area contributed by atoms with E-state index >= 15 is 0 Å². The van der Waals surface area contributed by atoms with Crippen molar-refractivity contribution in [2.24, 2.45) is 0 Å². The molecule has 0 atom stereocenters. The van der Waals surface area contributed by atoms with Crippen LogP contribution < -0.4 is 10.1 Å². The molecule has 128 valence electrons. The molecule has 2 heterocycles. The number of nitrogens with one attached hydrogen (secondary N) is 1. The van der Waals surface area contributed by atoms with Gasteiger partial charge in [-0.3, -0.25) is 9.78 Å². The Bertz CT molecular complexity index is 944. The van der Waals surface area contributed by atoms with Crippen molar-refractivity contribution >= 4 is 23.2 Å². The summed E-state index contributed by atoms with van der Waals surface area (Å²) in [5.74, 6) is -0.535. The molecule has 2 aromatic heterocycles. The molecule has 1 aromatic carbocycles. The minimum absolute atomic E-state index is 0.0431. The van der Waals surface area contributed by atoms with E-state index in [1.165, 1.54) is 36.2 Å². The van der Waals surface area contributed by atoms with E-state index in [2.05, 4.69) is 20.6 Å². The van der Waals surface area contributed by atoms with E-state index in [-0.39, 0.29) is 10.7 Å². The van der Waals surface area contributed by atoms with Crippen molar-refractivity contribution in [2.45, 2.75) is 6.92 Å². The number of nitrogens with zero attached hydrogens (tertiary/aromatic N) is 4. The van der Waals surface area contributed by atoms with Crippen LogP contribution in [0.2, 0.25) is 5.02 Å². The number of hydrogen-bond donors (Lipinski definition) is 1. The zero-order valence-corrected chi connectivity index (χ0v) is 14.1. The molecule has 9 heteroatoms. The molecule has 0 aliphatic heterocycles. The van der Waals surface area contributed by atoms with Crippen molar-refractivity contribution in [2.75, 3.05) is 12.4 Å². The quantitative estimate of drug-likeness (QED) is 0.772. The average Bonchev–Trinajstić information content (AvgIpc) is 2.99. The van der Waals surface area contributed by atoms with Crippen molar-refractivity contribution in [1.29, 1.82) is 0 Å². The molecule has 25 heavy (non-hydrogen) atoms. The second-order valence-electron chi connectivity index (χ2n) is 5.06. The minimum atomic E-state index is -0.537. The molecule has 1 amide bonds. The number of halogens is 2. The first-order chi connectivity index (χ1) is 12.0. The molecule has 3 aromatic rings. The maximum absolute atomic E-state index is 13.3. The highest BCUT2D eigenvalue weighted by Gasteiger charge is 2.19. The fourth-order valence-corrected chi connectivity index (χ4v) is 2.41. The summed E-state index contributed by atoms with van der Waals surface area (Å²) >= 11 is 5.79. The lowest BCUT2D eigenvalue weighted by Gasteiger charge is -2.08. The molecule has 0 saturated heterocycles. The molecular formula is C16H13ClFN5O2. The van der Waals surface area contributed by atoms with Crippen molar-refractivity contribution in [3.63, 3.8) is 0 Å². The van der Waals surface area contributed by atoms with Gasteiger partial charge in [0, 0.05) is 12.3 Å². The number of amides is 1. The maximum atomic E-state index is 13.3. The number of pyridine rings is 1. The normalized spacial score (nSPS) is 10.6. The van der Waals surface area contributed by atoms with Crippen LogP contribution in [-0.2, 0) is 0 Å². The van der Waals surface area contributed by atoms with Gasteiger partial charge >= 0.3 is 0 Å². The van der Waals surface area contributed by atoms with Crippen LogP contribution in [0.5, 0.6) is 5.75 Å². The Morgan fingerprint density at radius 3 is 2.88 bits per heavy atom. The predicted molar refractivity (Wildman–Crippen MR) is 89.8 cm³/mol. The van der Waals surface area contributed by atoms with Crippen LogP contribution in [0.25, 0.3) is 5.69 Å². The van der Waals surface area contributed by atoms with Gasteiger partial charge < -0.3 is 10.1 Å². The Balaban J connectivity index is 1.90. The zero-order chi connectivity index (χ0) is 18.0. The summed E-state index contributed by atoms with van der Waals surface area (Å²) in [5, 5.41) is 10.5. The van der Waals surface area contributed by atoms with Crippen LogP contribution in [0, 0.1) is 12.7 Å². The summed E-state index contributed by atoms with van der Waals surface area (Å²) in [7, 11) is 1.49. The molecule has 7 nitrogen and oxygen atoms in total. The maximum Gasteiger partial charge on any atom is 0.278 e. The van der Waals surface area contributed by atoms with Gasteiger partial charge in [0.2, 0.25) is 0 Å². The first-order valence-corrected chi connectivity index (χ1v) is 7.56. The van der Waals surface area contributed by atoms with Gasteiger partial charge in [0.1, 0.15) is 17.3 Å².